The summed E-state index contributed by atoms with van der Waals surface area (Å²) in [5.74, 6) is -0.248. The highest BCUT2D eigenvalue weighted by Crippen LogP contribution is 2.29. The van der Waals surface area contributed by atoms with Crippen molar-refractivity contribution in [3.05, 3.63) is 65.0 Å². The summed E-state index contributed by atoms with van der Waals surface area (Å²) in [6, 6.07) is 10.0. The topological polar surface area (TPSA) is 12.0 Å². The van der Waals surface area contributed by atoms with Crippen LogP contribution >= 0.6 is 0 Å². The lowest BCUT2D eigenvalue weighted by Crippen LogP contribution is -2.07. The maximum absolute atomic E-state index is 13.6. The Balaban J connectivity index is 1.90. The van der Waals surface area contributed by atoms with Crippen LogP contribution in [-0.4, -0.2) is 6.54 Å². The van der Waals surface area contributed by atoms with Crippen LogP contribution < -0.4 is 5.32 Å². The third-order valence-electron chi connectivity index (χ3n) is 3.46. The molecule has 5 heteroatoms. The van der Waals surface area contributed by atoms with Crippen molar-refractivity contribution in [1.29, 1.82) is 0 Å². The van der Waals surface area contributed by atoms with Gasteiger partial charge in [-0.2, -0.15) is 13.2 Å². The minimum atomic E-state index is -4.31. The first-order chi connectivity index (χ1) is 10.4. The Kier molecular flexibility index (Phi) is 5.06. The molecule has 0 atom stereocenters. The van der Waals surface area contributed by atoms with Crippen molar-refractivity contribution in [2.24, 2.45) is 0 Å². The van der Waals surface area contributed by atoms with E-state index in [2.05, 4.69) is 5.32 Å². The fourth-order valence-corrected chi connectivity index (χ4v) is 2.16. The Morgan fingerprint density at radius 1 is 1.00 bits per heavy atom. The van der Waals surface area contributed by atoms with Crippen LogP contribution in [0, 0.1) is 5.82 Å². The second-order valence-corrected chi connectivity index (χ2v) is 5.03. The summed E-state index contributed by atoms with van der Waals surface area (Å²) in [5.41, 5.74) is 1.47. The first-order valence-electron chi connectivity index (χ1n) is 7.08. The maximum Gasteiger partial charge on any atom is 0.416 e. The smallest absolute Gasteiger partial charge is 0.385 e. The molecule has 0 unspecified atom stereocenters. The van der Waals surface area contributed by atoms with Gasteiger partial charge in [-0.1, -0.05) is 25.1 Å². The SMILES string of the molecule is CCc1ccc(NCCc2ccc(C(F)(F)F)cc2)cc1F. The normalized spacial score (nSPS) is 11.5. The van der Waals surface area contributed by atoms with Crippen molar-refractivity contribution in [2.75, 3.05) is 11.9 Å². The van der Waals surface area contributed by atoms with Crippen molar-refractivity contribution in [1.82, 2.24) is 0 Å². The van der Waals surface area contributed by atoms with Gasteiger partial charge in [-0.25, -0.2) is 4.39 Å². The second-order valence-electron chi connectivity index (χ2n) is 5.03. The third-order valence-corrected chi connectivity index (χ3v) is 3.46. The standard InChI is InChI=1S/C17H17F4N/c1-2-13-5-8-15(11-16(13)18)22-10-9-12-3-6-14(7-4-12)17(19,20)21/h3-8,11,22H,2,9-10H2,1H3. The minimum Gasteiger partial charge on any atom is -0.385 e. The molecule has 1 nitrogen and oxygen atoms in total. The molecule has 0 radical (unpaired) electrons. The molecule has 0 aliphatic heterocycles. The quantitative estimate of drug-likeness (QED) is 0.761. The van der Waals surface area contributed by atoms with E-state index in [9.17, 15) is 17.6 Å². The summed E-state index contributed by atoms with van der Waals surface area (Å²) in [4.78, 5) is 0. The molecule has 0 fully saturated rings. The van der Waals surface area contributed by atoms with E-state index in [1.807, 2.05) is 6.92 Å². The molecule has 0 aromatic heterocycles. The summed E-state index contributed by atoms with van der Waals surface area (Å²) in [6.45, 7) is 2.41. The summed E-state index contributed by atoms with van der Waals surface area (Å²) < 4.78 is 50.9. The molecule has 1 N–H and O–H groups in total. The highest BCUT2D eigenvalue weighted by Gasteiger charge is 2.29. The fraction of sp³-hybridized carbons (Fsp3) is 0.294. The number of benzene rings is 2. The van der Waals surface area contributed by atoms with Crippen LogP contribution in [0.3, 0.4) is 0 Å². The first kappa shape index (κ1) is 16.3. The monoisotopic (exact) mass is 311 g/mol. The molecule has 0 amide bonds. The van der Waals surface area contributed by atoms with E-state index in [4.69, 9.17) is 0 Å². The van der Waals surface area contributed by atoms with Gasteiger partial charge < -0.3 is 5.32 Å². The number of aryl methyl sites for hydroxylation is 1. The summed E-state index contributed by atoms with van der Waals surface area (Å²) in [7, 11) is 0. The van der Waals surface area contributed by atoms with Crippen LogP contribution in [-0.2, 0) is 19.0 Å². The van der Waals surface area contributed by atoms with Gasteiger partial charge in [0.1, 0.15) is 5.82 Å². The lowest BCUT2D eigenvalue weighted by atomic mass is 10.1. The minimum absolute atomic E-state index is 0.248. The molecule has 118 valence electrons. The number of rotatable bonds is 5. The molecule has 0 saturated heterocycles. The highest BCUT2D eigenvalue weighted by atomic mass is 19.4. The van der Waals surface area contributed by atoms with E-state index in [1.165, 1.54) is 18.2 Å². The van der Waals surface area contributed by atoms with Gasteiger partial charge in [0, 0.05) is 12.2 Å². The molecule has 0 aliphatic carbocycles. The number of nitrogens with one attached hydrogen (secondary N) is 1. The van der Waals surface area contributed by atoms with Gasteiger partial charge >= 0.3 is 6.18 Å². The number of hydrogen-bond donors (Lipinski definition) is 1. The van der Waals surface area contributed by atoms with E-state index < -0.39 is 11.7 Å². The van der Waals surface area contributed by atoms with Crippen LogP contribution in [0.1, 0.15) is 23.6 Å². The lowest BCUT2D eigenvalue weighted by Gasteiger charge is -2.10. The average molecular weight is 311 g/mol. The molecule has 0 saturated carbocycles. The largest absolute Gasteiger partial charge is 0.416 e. The Morgan fingerprint density at radius 2 is 1.68 bits per heavy atom. The number of halogens is 4. The molecule has 2 rings (SSSR count). The molecule has 0 aliphatic rings. The highest BCUT2D eigenvalue weighted by molar-refractivity contribution is 5.45. The van der Waals surface area contributed by atoms with Gasteiger partial charge in [-0.15, -0.1) is 0 Å². The van der Waals surface area contributed by atoms with Crippen LogP contribution in [0.5, 0.6) is 0 Å². The molecular weight excluding hydrogens is 294 g/mol. The van der Waals surface area contributed by atoms with E-state index >= 15 is 0 Å². The Morgan fingerprint density at radius 3 is 2.23 bits per heavy atom. The maximum atomic E-state index is 13.6. The molecule has 0 heterocycles. The Labute approximate surface area is 127 Å². The van der Waals surface area contributed by atoms with Gasteiger partial charge in [0.25, 0.3) is 0 Å². The van der Waals surface area contributed by atoms with E-state index in [-0.39, 0.29) is 5.82 Å². The zero-order chi connectivity index (χ0) is 16.2. The molecule has 0 bridgehead atoms. The van der Waals surface area contributed by atoms with Crippen LogP contribution in [0.4, 0.5) is 23.2 Å². The van der Waals surface area contributed by atoms with Crippen molar-refractivity contribution in [3.8, 4) is 0 Å². The molecule has 0 spiro atoms. The summed E-state index contributed by atoms with van der Waals surface area (Å²) >= 11 is 0. The van der Waals surface area contributed by atoms with E-state index in [0.29, 0.717) is 30.6 Å². The molecule has 22 heavy (non-hydrogen) atoms. The Hall–Kier alpha value is -2.04. The molecular formula is C17H17F4N. The zero-order valence-electron chi connectivity index (χ0n) is 12.2. The van der Waals surface area contributed by atoms with Crippen LogP contribution in [0.2, 0.25) is 0 Å². The van der Waals surface area contributed by atoms with Crippen molar-refractivity contribution in [2.45, 2.75) is 25.9 Å². The van der Waals surface area contributed by atoms with Gasteiger partial charge in [0.15, 0.2) is 0 Å². The van der Waals surface area contributed by atoms with Crippen LogP contribution in [0.25, 0.3) is 0 Å². The third kappa shape index (κ3) is 4.23. The fourth-order valence-electron chi connectivity index (χ4n) is 2.16. The lowest BCUT2D eigenvalue weighted by molar-refractivity contribution is -0.137. The average Bonchev–Trinajstić information content (AvgIpc) is 2.47. The van der Waals surface area contributed by atoms with Crippen LogP contribution in [0.15, 0.2) is 42.5 Å². The number of alkyl halides is 3. The van der Waals surface area contributed by atoms with Crippen molar-refractivity contribution >= 4 is 5.69 Å². The Bertz CT molecular complexity index is 618. The van der Waals surface area contributed by atoms with Crippen molar-refractivity contribution < 1.29 is 17.6 Å². The first-order valence-corrected chi connectivity index (χ1v) is 7.08. The van der Waals surface area contributed by atoms with E-state index in [0.717, 1.165) is 17.7 Å². The summed E-state index contributed by atoms with van der Waals surface area (Å²) in [6.07, 6.45) is -3.11. The predicted octanol–water partition coefficient (Wildman–Crippen LogP) is 5.06. The van der Waals surface area contributed by atoms with Crippen molar-refractivity contribution in [3.63, 3.8) is 0 Å². The van der Waals surface area contributed by atoms with Gasteiger partial charge in [-0.3, -0.25) is 0 Å². The van der Waals surface area contributed by atoms with E-state index in [1.54, 1.807) is 12.1 Å². The van der Waals surface area contributed by atoms with Gasteiger partial charge in [0.2, 0.25) is 0 Å². The van der Waals surface area contributed by atoms with Gasteiger partial charge in [-0.05, 0) is 48.2 Å². The predicted molar refractivity (Wildman–Crippen MR) is 79.4 cm³/mol. The summed E-state index contributed by atoms with van der Waals surface area (Å²) in [5, 5.41) is 3.07. The number of anilines is 1. The molecule has 2 aromatic rings. The molecule has 2 aromatic carbocycles. The number of hydrogen-bond acceptors (Lipinski definition) is 1. The second kappa shape index (κ2) is 6.81. The zero-order valence-corrected chi connectivity index (χ0v) is 12.2. The van der Waals surface area contributed by atoms with Gasteiger partial charge in [0.05, 0.1) is 5.56 Å².